The number of halogens is 3. The molecule has 3 N–H and O–H groups in total. The second-order valence-electron chi connectivity index (χ2n) is 8.28. The van der Waals surface area contributed by atoms with E-state index in [0.717, 1.165) is 35.3 Å². The predicted octanol–water partition coefficient (Wildman–Crippen LogP) is 7.41. The molecule has 2 aliphatic rings. The Bertz CT molecular complexity index is 713. The van der Waals surface area contributed by atoms with Crippen LogP contribution in [0.25, 0.3) is 0 Å². The highest BCUT2D eigenvalue weighted by molar-refractivity contribution is 5.55. The Morgan fingerprint density at radius 1 is 1.03 bits per heavy atom. The fraction of sp³-hybridized carbons (Fsp3) is 0.560. The molecule has 0 radical (unpaired) electrons. The van der Waals surface area contributed by atoms with Gasteiger partial charge in [0, 0.05) is 5.69 Å². The van der Waals surface area contributed by atoms with E-state index in [9.17, 15) is 13.2 Å². The molecule has 1 saturated carbocycles. The smallest absolute Gasteiger partial charge is 0.354 e. The van der Waals surface area contributed by atoms with Crippen molar-refractivity contribution in [2.75, 3.05) is 12.4 Å². The average molecular weight is 438 g/mol. The molecular formula is C25H38F3N3. The Morgan fingerprint density at radius 3 is 2.10 bits per heavy atom. The first-order valence-electron chi connectivity index (χ1n) is 11.1. The van der Waals surface area contributed by atoms with Gasteiger partial charge in [0.05, 0.1) is 17.8 Å². The third-order valence-corrected chi connectivity index (χ3v) is 5.85. The second-order valence-corrected chi connectivity index (χ2v) is 8.28. The lowest BCUT2D eigenvalue weighted by atomic mass is 9.74. The van der Waals surface area contributed by atoms with Crippen LogP contribution in [0.1, 0.15) is 70.8 Å². The minimum absolute atomic E-state index is 0.248. The Labute approximate surface area is 185 Å². The molecule has 0 spiro atoms. The Kier molecular flexibility index (Phi) is 11.6. The zero-order chi connectivity index (χ0) is 23.3. The van der Waals surface area contributed by atoms with Crippen molar-refractivity contribution in [1.29, 1.82) is 0 Å². The van der Waals surface area contributed by atoms with Crippen molar-refractivity contribution < 1.29 is 13.2 Å². The van der Waals surface area contributed by atoms with E-state index in [4.69, 9.17) is 0 Å². The number of anilines is 1. The number of nitrogens with two attached hydrogens (primary N) is 1. The quantitative estimate of drug-likeness (QED) is 0.471. The van der Waals surface area contributed by atoms with Crippen molar-refractivity contribution in [2.24, 2.45) is 16.1 Å². The molecule has 6 heteroatoms. The van der Waals surface area contributed by atoms with E-state index in [1.165, 1.54) is 57.7 Å². The molecule has 0 bridgehead atoms. The lowest BCUT2D eigenvalue weighted by Crippen LogP contribution is -2.18. The zero-order valence-corrected chi connectivity index (χ0v) is 19.2. The van der Waals surface area contributed by atoms with E-state index in [1.807, 2.05) is 12.2 Å². The van der Waals surface area contributed by atoms with Crippen molar-refractivity contribution in [1.82, 2.24) is 0 Å². The number of hydrogen-bond donors (Lipinski definition) is 2. The molecule has 3 nitrogen and oxygen atoms in total. The molecule has 3 rings (SSSR count). The van der Waals surface area contributed by atoms with Crippen LogP contribution >= 0.6 is 0 Å². The van der Waals surface area contributed by atoms with E-state index in [2.05, 4.69) is 36.6 Å². The molecular weight excluding hydrogens is 399 g/mol. The monoisotopic (exact) mass is 437 g/mol. The molecule has 174 valence electrons. The van der Waals surface area contributed by atoms with Crippen LogP contribution in [0.4, 0.5) is 18.9 Å². The molecule has 0 aromatic heterocycles. The van der Waals surface area contributed by atoms with Gasteiger partial charge in [-0.05, 0) is 62.6 Å². The van der Waals surface area contributed by atoms with Crippen LogP contribution in [-0.2, 0) is 6.42 Å². The molecule has 1 fully saturated rings. The molecule has 0 heterocycles. The molecule has 2 aliphatic carbocycles. The zero-order valence-electron chi connectivity index (χ0n) is 19.2. The summed E-state index contributed by atoms with van der Waals surface area (Å²) < 4.78 is 36.8. The molecule has 0 saturated heterocycles. The number of nitrogens with one attached hydrogen (secondary N) is 1. The molecule has 1 aromatic carbocycles. The van der Waals surface area contributed by atoms with E-state index < -0.39 is 12.6 Å². The molecule has 0 atom stereocenters. The van der Waals surface area contributed by atoms with Crippen LogP contribution in [-0.4, -0.2) is 19.9 Å². The van der Waals surface area contributed by atoms with Gasteiger partial charge in [-0.15, -0.1) is 0 Å². The van der Waals surface area contributed by atoms with Crippen LogP contribution in [0.15, 0.2) is 52.8 Å². The van der Waals surface area contributed by atoms with Crippen molar-refractivity contribution in [2.45, 2.75) is 77.8 Å². The summed E-state index contributed by atoms with van der Waals surface area (Å²) in [5.74, 6) is 0. The number of benzene rings is 1. The van der Waals surface area contributed by atoms with Crippen LogP contribution in [0.2, 0.25) is 0 Å². The summed E-state index contributed by atoms with van der Waals surface area (Å²) in [7, 11) is 1.50. The van der Waals surface area contributed by atoms with Gasteiger partial charge >= 0.3 is 6.18 Å². The van der Waals surface area contributed by atoms with Crippen LogP contribution in [0, 0.1) is 5.41 Å². The van der Waals surface area contributed by atoms with Crippen molar-refractivity contribution in [3.8, 4) is 0 Å². The number of rotatable bonds is 5. The number of nitrogens with zero attached hydrogens (tertiary/aromatic N) is 1. The summed E-state index contributed by atoms with van der Waals surface area (Å²) in [4.78, 5) is 3.92. The summed E-state index contributed by atoms with van der Waals surface area (Å²) in [6.07, 6.45) is 9.50. The van der Waals surface area contributed by atoms with Crippen LogP contribution in [0.3, 0.4) is 0 Å². The minimum atomic E-state index is -4.18. The predicted molar refractivity (Wildman–Crippen MR) is 126 cm³/mol. The second kappa shape index (κ2) is 13.4. The highest BCUT2D eigenvalue weighted by Crippen LogP contribution is 2.38. The summed E-state index contributed by atoms with van der Waals surface area (Å²) >= 11 is 0. The molecule has 31 heavy (non-hydrogen) atoms. The first kappa shape index (κ1) is 27.0. The minimum Gasteiger partial charge on any atom is -0.354 e. The van der Waals surface area contributed by atoms with Crippen molar-refractivity contribution in [3.63, 3.8) is 0 Å². The van der Waals surface area contributed by atoms with Gasteiger partial charge in [0.15, 0.2) is 0 Å². The van der Waals surface area contributed by atoms with E-state index >= 15 is 0 Å². The Balaban J connectivity index is 0.000000365. The lowest BCUT2D eigenvalue weighted by Gasteiger charge is -2.32. The highest BCUT2D eigenvalue weighted by Gasteiger charge is 2.27. The maximum Gasteiger partial charge on any atom is 0.393 e. The third kappa shape index (κ3) is 10.2. The van der Waals surface area contributed by atoms with Gasteiger partial charge in [0.1, 0.15) is 0 Å². The van der Waals surface area contributed by atoms with Crippen LogP contribution in [0.5, 0.6) is 0 Å². The average Bonchev–Trinajstić information content (AvgIpc) is 2.77. The summed E-state index contributed by atoms with van der Waals surface area (Å²) in [6.45, 7) is 8.27. The molecule has 0 unspecified atom stereocenters. The lowest BCUT2D eigenvalue weighted by molar-refractivity contribution is -0.127. The number of hydrogen-bond acceptors (Lipinski definition) is 3. The highest BCUT2D eigenvalue weighted by atomic mass is 19.4. The van der Waals surface area contributed by atoms with Crippen molar-refractivity contribution in [3.05, 3.63) is 53.4 Å². The Morgan fingerprint density at radius 2 is 1.61 bits per heavy atom. The fourth-order valence-corrected chi connectivity index (χ4v) is 3.78. The maximum atomic E-state index is 12.3. The van der Waals surface area contributed by atoms with Gasteiger partial charge in [-0.1, -0.05) is 63.8 Å². The van der Waals surface area contributed by atoms with Gasteiger partial charge < -0.3 is 11.1 Å². The molecule has 0 amide bonds. The third-order valence-electron chi connectivity index (χ3n) is 5.85. The SMILES string of the molecule is C=NC1=CCCC=C1Nc1ccc(CC(F)(F)F)cc1.CCC1(C)CCCCC1.CN. The maximum absolute atomic E-state index is 12.3. The summed E-state index contributed by atoms with van der Waals surface area (Å²) in [6, 6.07) is 6.22. The number of allylic oxidation sites excluding steroid dienone is 2. The standard InChI is InChI=1S/C15H15F3N2.C9H18.CH5N/c1-19-13-4-2-3-5-14(13)20-12-8-6-11(7-9-12)10-15(16,17)18;1-3-9(2)7-5-4-6-8-9;1-2/h4-9,20H,1-3,10H2;3-8H2,1-2H3;2H2,1H3. The van der Waals surface area contributed by atoms with Crippen molar-refractivity contribution >= 4 is 12.4 Å². The van der Waals surface area contributed by atoms with Gasteiger partial charge in [0.2, 0.25) is 0 Å². The van der Waals surface area contributed by atoms with Gasteiger partial charge in [-0.3, -0.25) is 4.99 Å². The summed E-state index contributed by atoms with van der Waals surface area (Å²) in [5.41, 5.74) is 7.82. The Hall–Kier alpha value is -2.08. The normalized spacial score (nSPS) is 17.6. The van der Waals surface area contributed by atoms with Gasteiger partial charge in [-0.2, -0.15) is 13.2 Å². The molecule has 1 aromatic rings. The number of aliphatic imine (C=N–C) groups is 1. The summed E-state index contributed by atoms with van der Waals surface area (Å²) in [5, 5.41) is 3.15. The molecule has 0 aliphatic heterocycles. The first-order chi connectivity index (χ1) is 14.7. The van der Waals surface area contributed by atoms with E-state index in [1.54, 1.807) is 12.1 Å². The van der Waals surface area contributed by atoms with Crippen LogP contribution < -0.4 is 11.1 Å². The van der Waals surface area contributed by atoms with Gasteiger partial charge in [0.25, 0.3) is 0 Å². The topological polar surface area (TPSA) is 50.4 Å². The van der Waals surface area contributed by atoms with Gasteiger partial charge in [-0.25, -0.2) is 0 Å². The first-order valence-corrected chi connectivity index (χ1v) is 11.1. The largest absolute Gasteiger partial charge is 0.393 e. The number of alkyl halides is 3. The van der Waals surface area contributed by atoms with E-state index in [0.29, 0.717) is 0 Å². The van der Waals surface area contributed by atoms with E-state index in [-0.39, 0.29) is 5.56 Å². The fourth-order valence-electron chi connectivity index (χ4n) is 3.78.